The van der Waals surface area contributed by atoms with E-state index in [-0.39, 0.29) is 6.42 Å². The van der Waals surface area contributed by atoms with Gasteiger partial charge in [0.15, 0.2) is 0 Å². The number of aromatic nitrogens is 2. The van der Waals surface area contributed by atoms with Crippen LogP contribution in [-0.2, 0) is 20.8 Å². The Labute approximate surface area is 207 Å². The fourth-order valence-corrected chi connectivity index (χ4v) is 5.88. The van der Waals surface area contributed by atoms with E-state index in [0.717, 1.165) is 22.0 Å². The number of carboxylic acids is 1. The van der Waals surface area contributed by atoms with E-state index in [1.165, 1.54) is 4.90 Å². The molecule has 0 spiro atoms. The summed E-state index contributed by atoms with van der Waals surface area (Å²) >= 11 is 0. The summed E-state index contributed by atoms with van der Waals surface area (Å²) in [5.41, 5.74) is 1.70. The number of aliphatic carboxylic acids is 1. The number of aryl methyl sites for hydroxylation is 1. The van der Waals surface area contributed by atoms with Gasteiger partial charge in [-0.15, -0.1) is 0 Å². The number of pyridine rings is 1. The number of nitrogens with one attached hydrogen (secondary N) is 2. The molecule has 0 aliphatic carbocycles. The number of anilines is 1. The zero-order chi connectivity index (χ0) is 25.0. The van der Waals surface area contributed by atoms with Crippen molar-refractivity contribution in [2.24, 2.45) is 11.8 Å². The molecule has 2 aliphatic rings. The molecule has 0 saturated carbocycles. The lowest BCUT2D eigenvalue weighted by Crippen LogP contribution is -2.57. The van der Waals surface area contributed by atoms with Crippen molar-refractivity contribution in [3.63, 3.8) is 0 Å². The van der Waals surface area contributed by atoms with Gasteiger partial charge in [-0.25, -0.2) is 4.90 Å². The number of carbonyl (C=O) groups is 3. The quantitative estimate of drug-likeness (QED) is 0.377. The molecule has 2 aromatic carbocycles. The van der Waals surface area contributed by atoms with Crippen molar-refractivity contribution in [2.45, 2.75) is 24.9 Å². The van der Waals surface area contributed by atoms with Gasteiger partial charge in [0.1, 0.15) is 5.54 Å². The molecular formula is C28H24N4O4. The van der Waals surface area contributed by atoms with E-state index in [1.54, 1.807) is 42.7 Å². The van der Waals surface area contributed by atoms with Crippen LogP contribution in [0.2, 0.25) is 0 Å². The van der Waals surface area contributed by atoms with Crippen LogP contribution in [0.4, 0.5) is 5.69 Å². The van der Waals surface area contributed by atoms with Crippen molar-refractivity contribution in [2.75, 3.05) is 4.90 Å². The molecule has 36 heavy (non-hydrogen) atoms. The van der Waals surface area contributed by atoms with Crippen molar-refractivity contribution >= 4 is 34.4 Å². The average Bonchev–Trinajstić information content (AvgIpc) is 3.53. The maximum absolute atomic E-state index is 14.0. The maximum Gasteiger partial charge on any atom is 0.325 e. The summed E-state index contributed by atoms with van der Waals surface area (Å²) in [6.07, 6.45) is 3.41. The predicted molar refractivity (Wildman–Crippen MR) is 133 cm³/mol. The second-order valence-electron chi connectivity index (χ2n) is 9.49. The van der Waals surface area contributed by atoms with Gasteiger partial charge in [-0.2, -0.15) is 0 Å². The first kappa shape index (κ1) is 22.2. The van der Waals surface area contributed by atoms with E-state index in [9.17, 15) is 19.5 Å². The smallest absolute Gasteiger partial charge is 0.325 e. The Morgan fingerprint density at radius 2 is 1.78 bits per heavy atom. The highest BCUT2D eigenvalue weighted by Crippen LogP contribution is 2.51. The molecule has 8 heteroatoms. The zero-order valence-electron chi connectivity index (χ0n) is 19.5. The fraction of sp³-hybridized carbons (Fsp3) is 0.214. The first-order valence-electron chi connectivity index (χ1n) is 11.8. The number of carboxylic acid groups (broad SMARTS) is 1. The Bertz CT molecular complexity index is 1510. The molecule has 0 radical (unpaired) electrons. The molecule has 8 nitrogen and oxygen atoms in total. The number of nitrogens with zero attached hydrogens (tertiary/aromatic N) is 2. The van der Waals surface area contributed by atoms with Crippen LogP contribution in [-0.4, -0.2) is 38.4 Å². The second-order valence-corrected chi connectivity index (χ2v) is 9.49. The number of amides is 2. The highest BCUT2D eigenvalue weighted by molar-refractivity contribution is 6.24. The number of hydrogen-bond donors (Lipinski definition) is 3. The minimum absolute atomic E-state index is 0.0253. The highest BCUT2D eigenvalue weighted by atomic mass is 16.4. The lowest BCUT2D eigenvalue weighted by Gasteiger charge is -2.31. The van der Waals surface area contributed by atoms with E-state index >= 15 is 0 Å². The fourth-order valence-electron chi connectivity index (χ4n) is 5.88. The molecule has 6 rings (SSSR count). The number of H-pyrrole nitrogens is 1. The number of imide groups is 1. The number of carbonyl (C=O) groups excluding carboxylic acids is 2. The van der Waals surface area contributed by atoms with E-state index in [2.05, 4.69) is 15.3 Å². The van der Waals surface area contributed by atoms with Gasteiger partial charge in [0.2, 0.25) is 11.8 Å². The Balaban J connectivity index is 1.52. The molecule has 2 aromatic heterocycles. The van der Waals surface area contributed by atoms with E-state index < -0.39 is 41.2 Å². The summed E-state index contributed by atoms with van der Waals surface area (Å²) in [6, 6.07) is 19.3. The zero-order valence-corrected chi connectivity index (χ0v) is 19.5. The van der Waals surface area contributed by atoms with Crippen LogP contribution in [0.25, 0.3) is 10.9 Å². The van der Waals surface area contributed by atoms with Crippen molar-refractivity contribution in [1.29, 1.82) is 0 Å². The molecule has 4 heterocycles. The molecule has 3 N–H and O–H groups in total. The number of rotatable bonds is 5. The van der Waals surface area contributed by atoms with Crippen molar-refractivity contribution in [3.05, 3.63) is 95.9 Å². The molecule has 0 bridgehead atoms. The van der Waals surface area contributed by atoms with E-state index in [4.69, 9.17) is 0 Å². The van der Waals surface area contributed by atoms with Gasteiger partial charge >= 0.3 is 5.97 Å². The second kappa shape index (κ2) is 8.13. The lowest BCUT2D eigenvalue weighted by atomic mass is 9.76. The van der Waals surface area contributed by atoms with Gasteiger partial charge in [0.25, 0.3) is 0 Å². The summed E-state index contributed by atoms with van der Waals surface area (Å²) in [7, 11) is 0. The average molecular weight is 481 g/mol. The maximum atomic E-state index is 14.0. The molecule has 2 aliphatic heterocycles. The van der Waals surface area contributed by atoms with Crippen LogP contribution in [0.1, 0.15) is 22.9 Å². The van der Waals surface area contributed by atoms with Crippen LogP contribution in [0.5, 0.6) is 0 Å². The third-order valence-electron chi connectivity index (χ3n) is 7.54. The van der Waals surface area contributed by atoms with Crippen LogP contribution in [0, 0.1) is 18.8 Å². The molecular weight excluding hydrogens is 456 g/mol. The van der Waals surface area contributed by atoms with Gasteiger partial charge < -0.3 is 10.1 Å². The summed E-state index contributed by atoms with van der Waals surface area (Å²) < 4.78 is 0. The standard InChI is InChI=1S/C28H24N4O4/c1-16-8-2-5-12-21(16)32-25(33)22-23(26(32)34)28(27(35)36,31-24(22)20-11-6-7-13-29-20)14-17-15-30-19-10-4-3-9-18(17)19/h2-13,15,22-24,30-31H,14H2,1H3,(H,35,36). The minimum atomic E-state index is -1.71. The third kappa shape index (κ3) is 3.11. The van der Waals surface area contributed by atoms with Gasteiger partial charge in [0, 0.05) is 29.7 Å². The van der Waals surface area contributed by atoms with Crippen molar-refractivity contribution in [1.82, 2.24) is 15.3 Å². The monoisotopic (exact) mass is 480 g/mol. The van der Waals surface area contributed by atoms with Gasteiger partial charge in [0.05, 0.1) is 29.3 Å². The first-order valence-corrected chi connectivity index (χ1v) is 11.8. The lowest BCUT2D eigenvalue weighted by molar-refractivity contribution is -0.148. The topological polar surface area (TPSA) is 115 Å². The molecule has 4 atom stereocenters. The summed E-state index contributed by atoms with van der Waals surface area (Å²) in [4.78, 5) is 49.8. The molecule has 2 saturated heterocycles. The number of aromatic amines is 1. The minimum Gasteiger partial charge on any atom is -0.480 e. The van der Waals surface area contributed by atoms with Crippen molar-refractivity contribution < 1.29 is 19.5 Å². The SMILES string of the molecule is Cc1ccccc1N1C(=O)C2C(c3ccccn3)NC(Cc3c[nH]c4ccccc34)(C(=O)O)C2C1=O. The molecule has 180 valence electrons. The number of benzene rings is 2. The van der Waals surface area contributed by atoms with Crippen molar-refractivity contribution in [3.8, 4) is 0 Å². The Morgan fingerprint density at radius 1 is 1.03 bits per heavy atom. The van der Waals surface area contributed by atoms with Gasteiger partial charge in [-0.05, 0) is 42.3 Å². The van der Waals surface area contributed by atoms with E-state index in [0.29, 0.717) is 11.4 Å². The third-order valence-corrected chi connectivity index (χ3v) is 7.54. The van der Waals surface area contributed by atoms with Gasteiger partial charge in [-0.1, -0.05) is 42.5 Å². The molecule has 4 aromatic rings. The summed E-state index contributed by atoms with van der Waals surface area (Å²) in [6.45, 7) is 1.83. The normalized spacial score (nSPS) is 25.5. The Hall–Kier alpha value is -4.30. The highest BCUT2D eigenvalue weighted by Gasteiger charge is 2.69. The van der Waals surface area contributed by atoms with Crippen LogP contribution in [0.15, 0.2) is 79.1 Å². The van der Waals surface area contributed by atoms with E-state index in [1.807, 2.05) is 43.3 Å². The van der Waals surface area contributed by atoms with Gasteiger partial charge in [-0.3, -0.25) is 24.7 Å². The van der Waals surface area contributed by atoms with Crippen LogP contribution in [0.3, 0.4) is 0 Å². The Morgan fingerprint density at radius 3 is 2.53 bits per heavy atom. The molecule has 2 fully saturated rings. The first-order chi connectivity index (χ1) is 17.4. The summed E-state index contributed by atoms with van der Waals surface area (Å²) in [5.74, 6) is -4.11. The number of fused-ring (bicyclic) bond motifs is 2. The Kier molecular flexibility index (Phi) is 5.01. The summed E-state index contributed by atoms with van der Waals surface area (Å²) in [5, 5.41) is 14.8. The molecule has 4 unspecified atom stereocenters. The predicted octanol–water partition coefficient (Wildman–Crippen LogP) is 3.39. The number of hydrogen-bond acceptors (Lipinski definition) is 5. The largest absolute Gasteiger partial charge is 0.480 e. The van der Waals surface area contributed by atoms with Crippen LogP contribution >= 0.6 is 0 Å². The number of para-hydroxylation sites is 2. The van der Waals surface area contributed by atoms with Crippen LogP contribution < -0.4 is 10.2 Å². The molecule has 2 amide bonds.